The van der Waals surface area contributed by atoms with E-state index in [1.54, 1.807) is 11.1 Å². The van der Waals surface area contributed by atoms with Gasteiger partial charge in [0.2, 0.25) is 0 Å². The van der Waals surface area contributed by atoms with Crippen LogP contribution in [0.25, 0.3) is 0 Å². The third-order valence-electron chi connectivity index (χ3n) is 4.30. The lowest BCUT2D eigenvalue weighted by atomic mass is 10.0. The lowest BCUT2D eigenvalue weighted by Crippen LogP contribution is -2.25. The molecule has 0 spiro atoms. The zero-order valence-electron chi connectivity index (χ0n) is 11.9. The minimum absolute atomic E-state index is 0.111. The molecule has 4 rings (SSSR count). The molecule has 1 aromatic heterocycles. The van der Waals surface area contributed by atoms with Crippen LogP contribution in [0.15, 0.2) is 34.9 Å². The molecular formula is C17H14BrFN2O. The summed E-state index contributed by atoms with van der Waals surface area (Å²) >= 11 is 3.36. The number of rotatable bonds is 3. The molecular weight excluding hydrogens is 347 g/mol. The maximum atomic E-state index is 14.4. The van der Waals surface area contributed by atoms with E-state index in [2.05, 4.69) is 20.9 Å². The Bertz CT molecular complexity index is 773. The lowest BCUT2D eigenvalue weighted by Gasteiger charge is -2.19. The maximum Gasteiger partial charge on any atom is 0.273 e. The monoisotopic (exact) mass is 360 g/mol. The zero-order valence-corrected chi connectivity index (χ0v) is 13.4. The Morgan fingerprint density at radius 1 is 1.36 bits per heavy atom. The van der Waals surface area contributed by atoms with Gasteiger partial charge in [-0.1, -0.05) is 22.0 Å². The van der Waals surface area contributed by atoms with E-state index >= 15 is 0 Å². The third kappa shape index (κ3) is 2.33. The largest absolute Gasteiger partial charge is 0.328 e. The van der Waals surface area contributed by atoms with Crippen molar-refractivity contribution >= 4 is 21.8 Å². The molecule has 0 bridgehead atoms. The highest BCUT2D eigenvalue weighted by molar-refractivity contribution is 9.10. The van der Waals surface area contributed by atoms with E-state index in [1.165, 1.54) is 6.07 Å². The van der Waals surface area contributed by atoms with Gasteiger partial charge in [-0.3, -0.25) is 9.78 Å². The van der Waals surface area contributed by atoms with Crippen LogP contribution in [0, 0.1) is 5.82 Å². The van der Waals surface area contributed by atoms with Crippen LogP contribution in [-0.2, 0) is 13.1 Å². The molecule has 112 valence electrons. The van der Waals surface area contributed by atoms with E-state index in [4.69, 9.17) is 0 Å². The molecule has 1 fully saturated rings. The van der Waals surface area contributed by atoms with Gasteiger partial charge in [0, 0.05) is 34.9 Å². The van der Waals surface area contributed by atoms with Gasteiger partial charge < -0.3 is 4.90 Å². The van der Waals surface area contributed by atoms with Crippen LogP contribution in [0.1, 0.15) is 45.9 Å². The van der Waals surface area contributed by atoms with Gasteiger partial charge in [0.1, 0.15) is 11.5 Å². The maximum absolute atomic E-state index is 14.4. The van der Waals surface area contributed by atoms with Crippen LogP contribution in [-0.4, -0.2) is 15.8 Å². The number of carbonyl (C=O) groups excluding carboxylic acids is 1. The fourth-order valence-corrected chi connectivity index (χ4v) is 3.50. The van der Waals surface area contributed by atoms with Crippen molar-refractivity contribution in [1.29, 1.82) is 0 Å². The lowest BCUT2D eigenvalue weighted by molar-refractivity contribution is 0.0760. The summed E-state index contributed by atoms with van der Waals surface area (Å²) in [6, 6.07) is 7.20. The van der Waals surface area contributed by atoms with Crippen LogP contribution in [0.5, 0.6) is 0 Å². The molecule has 2 aliphatic rings. The number of pyridine rings is 1. The first-order chi connectivity index (χ1) is 10.6. The Labute approximate surface area is 136 Å². The highest BCUT2D eigenvalue weighted by Crippen LogP contribution is 2.43. The van der Waals surface area contributed by atoms with Gasteiger partial charge in [-0.25, -0.2) is 4.39 Å². The molecule has 22 heavy (non-hydrogen) atoms. The molecule has 1 aliphatic carbocycles. The SMILES string of the molecule is O=C1c2ncccc2CN1Cc1c(F)cc(Br)cc1C1CC1. The van der Waals surface area contributed by atoms with Crippen molar-refractivity contribution in [2.24, 2.45) is 0 Å². The second kappa shape index (κ2) is 5.16. The number of hydrogen-bond donors (Lipinski definition) is 0. The Kier molecular flexibility index (Phi) is 3.26. The number of benzene rings is 1. The van der Waals surface area contributed by atoms with E-state index in [0.29, 0.717) is 30.3 Å². The summed E-state index contributed by atoms with van der Waals surface area (Å²) in [6.07, 6.45) is 3.81. The van der Waals surface area contributed by atoms with Crippen LogP contribution >= 0.6 is 15.9 Å². The number of hydrogen-bond acceptors (Lipinski definition) is 2. The quantitative estimate of drug-likeness (QED) is 0.828. The van der Waals surface area contributed by atoms with Gasteiger partial charge in [0.15, 0.2) is 0 Å². The number of fused-ring (bicyclic) bond motifs is 1. The summed E-state index contributed by atoms with van der Waals surface area (Å²) < 4.78 is 15.2. The van der Waals surface area contributed by atoms with Gasteiger partial charge in [-0.2, -0.15) is 0 Å². The van der Waals surface area contributed by atoms with Crippen LogP contribution in [0.3, 0.4) is 0 Å². The average molecular weight is 361 g/mol. The highest BCUT2D eigenvalue weighted by atomic mass is 79.9. The second-order valence-corrected chi connectivity index (χ2v) is 6.82. The third-order valence-corrected chi connectivity index (χ3v) is 4.76. The summed E-state index contributed by atoms with van der Waals surface area (Å²) in [5.74, 6) is 0.0767. The van der Waals surface area contributed by atoms with Gasteiger partial charge >= 0.3 is 0 Å². The molecule has 3 nitrogen and oxygen atoms in total. The van der Waals surface area contributed by atoms with Crippen molar-refractivity contribution in [2.45, 2.75) is 31.8 Å². The van der Waals surface area contributed by atoms with Crippen molar-refractivity contribution in [3.05, 3.63) is 63.1 Å². The van der Waals surface area contributed by atoms with Crippen molar-refractivity contribution in [2.75, 3.05) is 0 Å². The predicted molar refractivity (Wildman–Crippen MR) is 83.9 cm³/mol. The normalized spacial score (nSPS) is 17.0. The summed E-state index contributed by atoms with van der Waals surface area (Å²) in [4.78, 5) is 18.2. The number of amides is 1. The first-order valence-corrected chi connectivity index (χ1v) is 8.14. The first-order valence-electron chi connectivity index (χ1n) is 7.34. The van der Waals surface area contributed by atoms with E-state index in [-0.39, 0.29) is 11.7 Å². The Morgan fingerprint density at radius 2 is 2.18 bits per heavy atom. The van der Waals surface area contributed by atoms with Crippen molar-refractivity contribution in [3.8, 4) is 0 Å². The fraction of sp³-hybridized carbons (Fsp3) is 0.294. The van der Waals surface area contributed by atoms with Gasteiger partial charge in [0.25, 0.3) is 5.91 Å². The molecule has 2 aromatic rings. The molecule has 0 atom stereocenters. The first kappa shape index (κ1) is 13.9. The number of aromatic nitrogens is 1. The molecule has 1 aliphatic heterocycles. The molecule has 1 amide bonds. The predicted octanol–water partition coefficient (Wildman–Crippen LogP) is 4.02. The minimum atomic E-state index is -0.243. The summed E-state index contributed by atoms with van der Waals surface area (Å²) in [6.45, 7) is 0.807. The topological polar surface area (TPSA) is 33.2 Å². The van der Waals surface area contributed by atoms with Crippen molar-refractivity contribution in [1.82, 2.24) is 9.88 Å². The second-order valence-electron chi connectivity index (χ2n) is 5.90. The molecule has 2 heterocycles. The molecule has 1 aromatic carbocycles. The fourth-order valence-electron chi connectivity index (χ4n) is 3.05. The van der Waals surface area contributed by atoms with E-state index < -0.39 is 0 Å². The highest BCUT2D eigenvalue weighted by Gasteiger charge is 2.32. The number of carbonyl (C=O) groups is 1. The van der Waals surface area contributed by atoms with Crippen LogP contribution < -0.4 is 0 Å². The summed E-state index contributed by atoms with van der Waals surface area (Å²) in [7, 11) is 0. The molecule has 0 radical (unpaired) electrons. The van der Waals surface area contributed by atoms with Gasteiger partial charge in [-0.05, 0) is 42.5 Å². The molecule has 0 N–H and O–H groups in total. The van der Waals surface area contributed by atoms with E-state index in [1.807, 2.05) is 18.2 Å². The van der Waals surface area contributed by atoms with Gasteiger partial charge in [0.05, 0.1) is 0 Å². The minimum Gasteiger partial charge on any atom is -0.328 e. The molecule has 0 saturated heterocycles. The van der Waals surface area contributed by atoms with Crippen LogP contribution in [0.2, 0.25) is 0 Å². The molecule has 0 unspecified atom stereocenters. The standard InChI is InChI=1S/C17H14BrFN2O/c18-12-6-13(10-3-4-10)14(15(19)7-12)9-21-8-11-2-1-5-20-16(11)17(21)22/h1-2,5-7,10H,3-4,8-9H2. The number of nitrogens with zero attached hydrogens (tertiary/aromatic N) is 2. The van der Waals surface area contributed by atoms with Crippen LogP contribution in [0.4, 0.5) is 4.39 Å². The summed E-state index contributed by atoms with van der Waals surface area (Å²) in [5, 5.41) is 0. The average Bonchev–Trinajstić information content (AvgIpc) is 3.28. The zero-order chi connectivity index (χ0) is 15.3. The molecule has 1 saturated carbocycles. The summed E-state index contributed by atoms with van der Waals surface area (Å²) in [5.41, 5.74) is 3.08. The number of halogens is 2. The van der Waals surface area contributed by atoms with Crippen molar-refractivity contribution < 1.29 is 9.18 Å². The Morgan fingerprint density at radius 3 is 2.91 bits per heavy atom. The smallest absolute Gasteiger partial charge is 0.273 e. The van der Waals surface area contributed by atoms with Crippen molar-refractivity contribution in [3.63, 3.8) is 0 Å². The van der Waals surface area contributed by atoms with Gasteiger partial charge in [-0.15, -0.1) is 0 Å². The van der Waals surface area contributed by atoms with E-state index in [0.717, 1.165) is 28.4 Å². The Hall–Kier alpha value is -1.75. The molecule has 5 heteroatoms. The van der Waals surface area contributed by atoms with E-state index in [9.17, 15) is 9.18 Å². The Balaban J connectivity index is 1.67.